The maximum absolute atomic E-state index is 4.15. The van der Waals surface area contributed by atoms with E-state index in [2.05, 4.69) is 23.8 Å². The van der Waals surface area contributed by atoms with Crippen molar-refractivity contribution in [1.29, 1.82) is 0 Å². The summed E-state index contributed by atoms with van der Waals surface area (Å²) in [6.45, 7) is 3.72. The lowest BCUT2D eigenvalue weighted by atomic mass is 10.1. The SMILES string of the molecule is C=Cc1ccc2c(cnn2C)c1. The van der Waals surface area contributed by atoms with Gasteiger partial charge in [0.2, 0.25) is 0 Å². The molecule has 0 bridgehead atoms. The van der Waals surface area contributed by atoms with Crippen LogP contribution in [0.3, 0.4) is 0 Å². The number of hydrogen-bond acceptors (Lipinski definition) is 1. The number of nitrogens with zero attached hydrogens (tertiary/aromatic N) is 2. The molecule has 0 aliphatic heterocycles. The topological polar surface area (TPSA) is 17.8 Å². The van der Waals surface area contributed by atoms with Crippen LogP contribution in [0.1, 0.15) is 5.56 Å². The van der Waals surface area contributed by atoms with E-state index in [1.807, 2.05) is 30.1 Å². The fourth-order valence-electron chi connectivity index (χ4n) is 1.31. The van der Waals surface area contributed by atoms with Gasteiger partial charge in [0.15, 0.2) is 0 Å². The van der Waals surface area contributed by atoms with Gasteiger partial charge in [0, 0.05) is 12.4 Å². The first-order valence-corrected chi connectivity index (χ1v) is 3.85. The molecule has 2 nitrogen and oxygen atoms in total. The molecule has 0 aliphatic rings. The molecular formula is C10H10N2. The normalized spacial score (nSPS) is 10.4. The van der Waals surface area contributed by atoms with Crippen LogP contribution in [0.5, 0.6) is 0 Å². The van der Waals surface area contributed by atoms with Crippen molar-refractivity contribution in [3.63, 3.8) is 0 Å². The number of fused-ring (bicyclic) bond motifs is 1. The van der Waals surface area contributed by atoms with Crippen LogP contribution in [0.4, 0.5) is 0 Å². The third-order valence-electron chi connectivity index (χ3n) is 2.01. The molecule has 60 valence electrons. The molecule has 2 aromatic rings. The monoisotopic (exact) mass is 158 g/mol. The molecule has 0 atom stereocenters. The number of rotatable bonds is 1. The predicted molar refractivity (Wildman–Crippen MR) is 50.8 cm³/mol. The molecule has 2 heteroatoms. The molecule has 0 amide bonds. The summed E-state index contributed by atoms with van der Waals surface area (Å²) in [6.07, 6.45) is 3.70. The van der Waals surface area contributed by atoms with Crippen molar-refractivity contribution in [3.8, 4) is 0 Å². The van der Waals surface area contributed by atoms with Gasteiger partial charge in [-0.05, 0) is 17.7 Å². The third kappa shape index (κ3) is 0.925. The Morgan fingerprint density at radius 3 is 3.08 bits per heavy atom. The molecule has 0 aliphatic carbocycles. The van der Waals surface area contributed by atoms with Gasteiger partial charge in [-0.25, -0.2) is 0 Å². The smallest absolute Gasteiger partial charge is 0.0679 e. The quantitative estimate of drug-likeness (QED) is 0.622. The van der Waals surface area contributed by atoms with Gasteiger partial charge < -0.3 is 0 Å². The van der Waals surface area contributed by atoms with E-state index < -0.39 is 0 Å². The van der Waals surface area contributed by atoms with Gasteiger partial charge in [0.25, 0.3) is 0 Å². The zero-order valence-corrected chi connectivity index (χ0v) is 6.99. The highest BCUT2D eigenvalue weighted by Crippen LogP contribution is 2.14. The van der Waals surface area contributed by atoms with Gasteiger partial charge in [0.05, 0.1) is 11.7 Å². The second-order valence-corrected chi connectivity index (χ2v) is 2.79. The van der Waals surface area contributed by atoms with Gasteiger partial charge >= 0.3 is 0 Å². The van der Waals surface area contributed by atoms with Crippen molar-refractivity contribution in [1.82, 2.24) is 9.78 Å². The highest BCUT2D eigenvalue weighted by atomic mass is 15.2. The van der Waals surface area contributed by atoms with Gasteiger partial charge in [-0.3, -0.25) is 4.68 Å². The summed E-state index contributed by atoms with van der Waals surface area (Å²) in [5, 5.41) is 5.32. The molecule has 0 spiro atoms. The Bertz CT molecular complexity index is 426. The fraction of sp³-hybridized carbons (Fsp3) is 0.100. The van der Waals surface area contributed by atoms with Crippen LogP contribution in [0.15, 0.2) is 31.0 Å². The number of aromatic nitrogens is 2. The van der Waals surface area contributed by atoms with E-state index in [-0.39, 0.29) is 0 Å². The zero-order chi connectivity index (χ0) is 8.55. The van der Waals surface area contributed by atoms with Crippen LogP contribution in [0, 0.1) is 0 Å². The van der Waals surface area contributed by atoms with Gasteiger partial charge in [0.1, 0.15) is 0 Å². The molecular weight excluding hydrogens is 148 g/mol. The summed E-state index contributed by atoms with van der Waals surface area (Å²) < 4.78 is 1.86. The minimum absolute atomic E-state index is 1.13. The van der Waals surface area contributed by atoms with Crippen molar-refractivity contribution < 1.29 is 0 Å². The summed E-state index contributed by atoms with van der Waals surface area (Å²) in [5.41, 5.74) is 2.29. The summed E-state index contributed by atoms with van der Waals surface area (Å²) >= 11 is 0. The van der Waals surface area contributed by atoms with Crippen molar-refractivity contribution in [2.24, 2.45) is 7.05 Å². The van der Waals surface area contributed by atoms with E-state index >= 15 is 0 Å². The van der Waals surface area contributed by atoms with Crippen molar-refractivity contribution in [2.75, 3.05) is 0 Å². The van der Waals surface area contributed by atoms with E-state index in [9.17, 15) is 0 Å². The predicted octanol–water partition coefficient (Wildman–Crippen LogP) is 2.22. The van der Waals surface area contributed by atoms with Crippen LogP contribution in [-0.2, 0) is 7.05 Å². The van der Waals surface area contributed by atoms with Crippen molar-refractivity contribution in [3.05, 3.63) is 36.5 Å². The third-order valence-corrected chi connectivity index (χ3v) is 2.01. The number of aryl methyl sites for hydroxylation is 1. The average molecular weight is 158 g/mol. The molecule has 12 heavy (non-hydrogen) atoms. The molecule has 0 saturated heterocycles. The van der Waals surface area contributed by atoms with E-state index in [0.29, 0.717) is 0 Å². The number of benzene rings is 1. The first-order chi connectivity index (χ1) is 5.81. The maximum atomic E-state index is 4.15. The average Bonchev–Trinajstić information content (AvgIpc) is 2.47. The van der Waals surface area contributed by atoms with E-state index in [0.717, 1.165) is 16.5 Å². The summed E-state index contributed by atoms with van der Waals surface area (Å²) in [5.74, 6) is 0. The molecule has 0 fully saturated rings. The molecule has 1 aromatic carbocycles. The lowest BCUT2D eigenvalue weighted by Crippen LogP contribution is -1.87. The molecule has 0 radical (unpaired) electrons. The first kappa shape index (κ1) is 7.10. The minimum Gasteiger partial charge on any atom is -0.268 e. The maximum Gasteiger partial charge on any atom is 0.0679 e. The van der Waals surface area contributed by atoms with Crippen LogP contribution < -0.4 is 0 Å². The van der Waals surface area contributed by atoms with Gasteiger partial charge in [-0.15, -0.1) is 0 Å². The lowest BCUT2D eigenvalue weighted by Gasteiger charge is -1.94. The number of hydrogen-bond donors (Lipinski definition) is 0. The Morgan fingerprint density at radius 1 is 1.50 bits per heavy atom. The minimum atomic E-state index is 1.13. The van der Waals surface area contributed by atoms with Crippen LogP contribution in [-0.4, -0.2) is 9.78 Å². The Labute approximate surface area is 71.1 Å². The van der Waals surface area contributed by atoms with Gasteiger partial charge in [-0.2, -0.15) is 5.10 Å². The molecule has 0 saturated carbocycles. The molecule has 1 heterocycles. The van der Waals surface area contributed by atoms with Crippen molar-refractivity contribution >= 4 is 17.0 Å². The van der Waals surface area contributed by atoms with E-state index in [1.165, 1.54) is 0 Å². The fourth-order valence-corrected chi connectivity index (χ4v) is 1.31. The molecule has 2 rings (SSSR count). The van der Waals surface area contributed by atoms with E-state index in [1.54, 1.807) is 0 Å². The Kier molecular flexibility index (Phi) is 1.47. The van der Waals surface area contributed by atoms with Crippen molar-refractivity contribution in [2.45, 2.75) is 0 Å². The molecule has 1 aromatic heterocycles. The second kappa shape index (κ2) is 2.48. The largest absolute Gasteiger partial charge is 0.268 e. The Morgan fingerprint density at radius 2 is 2.33 bits per heavy atom. The Hall–Kier alpha value is -1.57. The second-order valence-electron chi connectivity index (χ2n) is 2.79. The summed E-state index contributed by atoms with van der Waals surface area (Å²) in [4.78, 5) is 0. The molecule has 0 unspecified atom stereocenters. The van der Waals surface area contributed by atoms with Crippen LogP contribution in [0.25, 0.3) is 17.0 Å². The van der Waals surface area contributed by atoms with Crippen LogP contribution in [0.2, 0.25) is 0 Å². The standard InChI is InChI=1S/C10H10N2/c1-3-8-4-5-10-9(6-8)7-11-12(10)2/h3-7H,1H2,2H3. The summed E-state index contributed by atoms with van der Waals surface area (Å²) in [7, 11) is 1.94. The van der Waals surface area contributed by atoms with Gasteiger partial charge in [-0.1, -0.05) is 18.7 Å². The van der Waals surface area contributed by atoms with E-state index in [4.69, 9.17) is 0 Å². The molecule has 0 N–H and O–H groups in total. The summed E-state index contributed by atoms with van der Waals surface area (Å²) in [6, 6.07) is 6.17. The highest BCUT2D eigenvalue weighted by Gasteiger charge is 1.97. The Balaban J connectivity index is 2.77. The zero-order valence-electron chi connectivity index (χ0n) is 6.99. The van der Waals surface area contributed by atoms with Crippen LogP contribution >= 0.6 is 0 Å². The lowest BCUT2D eigenvalue weighted by molar-refractivity contribution is 0.797. The highest BCUT2D eigenvalue weighted by molar-refractivity contribution is 5.81. The first-order valence-electron chi connectivity index (χ1n) is 3.85.